The van der Waals surface area contributed by atoms with E-state index in [-0.39, 0.29) is 18.4 Å². The minimum absolute atomic E-state index is 0.0322. The van der Waals surface area contributed by atoms with E-state index in [1.807, 2.05) is 36.4 Å². The molecule has 1 amide bonds. The molecule has 0 spiro atoms. The number of benzene rings is 1. The summed E-state index contributed by atoms with van der Waals surface area (Å²) in [7, 11) is 0. The summed E-state index contributed by atoms with van der Waals surface area (Å²) in [6.45, 7) is 1.60. The Balaban J connectivity index is 1.92. The van der Waals surface area contributed by atoms with Crippen LogP contribution in [0.4, 0.5) is 0 Å². The lowest BCUT2D eigenvalue weighted by Crippen LogP contribution is -2.27. The highest BCUT2D eigenvalue weighted by atomic mass is 16.3. The van der Waals surface area contributed by atoms with E-state index in [4.69, 9.17) is 5.11 Å². The van der Waals surface area contributed by atoms with E-state index in [0.29, 0.717) is 6.54 Å². The topological polar surface area (TPSA) is 40.5 Å². The molecule has 1 fully saturated rings. The van der Waals surface area contributed by atoms with Crippen LogP contribution in [0.2, 0.25) is 0 Å². The number of aliphatic hydroxyl groups excluding tert-OH is 1. The van der Waals surface area contributed by atoms with Crippen molar-refractivity contribution in [1.82, 2.24) is 4.90 Å². The number of amides is 1. The first-order valence-electron chi connectivity index (χ1n) is 5.92. The highest BCUT2D eigenvalue weighted by Gasteiger charge is 2.23. The van der Waals surface area contributed by atoms with Gasteiger partial charge in [0.15, 0.2) is 0 Å². The van der Waals surface area contributed by atoms with Crippen molar-refractivity contribution in [3.63, 3.8) is 0 Å². The second kappa shape index (κ2) is 5.64. The van der Waals surface area contributed by atoms with Crippen molar-refractivity contribution < 1.29 is 9.90 Å². The molecule has 1 saturated heterocycles. The molecular weight excluding hydrogens is 214 g/mol. The zero-order chi connectivity index (χ0) is 12.1. The summed E-state index contributed by atoms with van der Waals surface area (Å²) >= 11 is 0. The normalized spacial score (nSPS) is 20.1. The molecule has 17 heavy (non-hydrogen) atoms. The number of carbonyl (C=O) groups excluding carboxylic acids is 1. The predicted molar refractivity (Wildman–Crippen MR) is 67.2 cm³/mol. The van der Waals surface area contributed by atoms with Gasteiger partial charge in [-0.2, -0.15) is 0 Å². The van der Waals surface area contributed by atoms with E-state index in [0.717, 1.165) is 18.5 Å². The molecule has 1 heterocycles. The predicted octanol–water partition coefficient (Wildman–Crippen LogP) is 1.54. The van der Waals surface area contributed by atoms with Crippen LogP contribution in [0.25, 0.3) is 6.08 Å². The van der Waals surface area contributed by atoms with Crippen molar-refractivity contribution >= 4 is 12.0 Å². The van der Waals surface area contributed by atoms with Crippen molar-refractivity contribution in [2.24, 2.45) is 5.92 Å². The van der Waals surface area contributed by atoms with E-state index < -0.39 is 0 Å². The Kier molecular flexibility index (Phi) is 3.94. The van der Waals surface area contributed by atoms with Crippen LogP contribution in [0.5, 0.6) is 0 Å². The number of aliphatic hydroxyl groups is 1. The van der Waals surface area contributed by atoms with Gasteiger partial charge in [0.05, 0.1) is 0 Å². The van der Waals surface area contributed by atoms with Crippen LogP contribution in [0.1, 0.15) is 12.0 Å². The minimum Gasteiger partial charge on any atom is -0.396 e. The highest BCUT2D eigenvalue weighted by molar-refractivity contribution is 5.91. The summed E-state index contributed by atoms with van der Waals surface area (Å²) in [5.41, 5.74) is 1.03. The lowest BCUT2D eigenvalue weighted by Gasteiger charge is -2.13. The zero-order valence-electron chi connectivity index (χ0n) is 9.75. The second-order valence-electron chi connectivity index (χ2n) is 4.37. The smallest absolute Gasteiger partial charge is 0.246 e. The maximum absolute atomic E-state index is 11.8. The average Bonchev–Trinajstić information content (AvgIpc) is 2.86. The molecule has 0 saturated carbocycles. The number of rotatable bonds is 3. The summed E-state index contributed by atoms with van der Waals surface area (Å²) < 4.78 is 0. The van der Waals surface area contributed by atoms with Gasteiger partial charge >= 0.3 is 0 Å². The lowest BCUT2D eigenvalue weighted by atomic mass is 10.1. The molecular formula is C14H17NO2. The molecule has 2 rings (SSSR count). The van der Waals surface area contributed by atoms with E-state index in [1.165, 1.54) is 0 Å². The molecule has 1 aliphatic rings. The van der Waals surface area contributed by atoms with Crippen LogP contribution in [-0.2, 0) is 4.79 Å². The van der Waals surface area contributed by atoms with Gasteiger partial charge in [0.25, 0.3) is 0 Å². The summed E-state index contributed by atoms with van der Waals surface area (Å²) in [6.07, 6.45) is 4.34. The summed E-state index contributed by atoms with van der Waals surface area (Å²) in [6, 6.07) is 9.77. The first-order chi connectivity index (χ1) is 8.29. The fraction of sp³-hybridized carbons (Fsp3) is 0.357. The maximum Gasteiger partial charge on any atom is 0.246 e. The van der Waals surface area contributed by atoms with Gasteiger partial charge in [0, 0.05) is 31.7 Å². The molecule has 90 valence electrons. The molecule has 1 N–H and O–H groups in total. The Hall–Kier alpha value is -1.61. The third-order valence-electron chi connectivity index (χ3n) is 3.07. The molecule has 1 aromatic rings. The molecule has 1 unspecified atom stereocenters. The summed E-state index contributed by atoms with van der Waals surface area (Å²) in [4.78, 5) is 13.6. The van der Waals surface area contributed by atoms with Crippen LogP contribution in [0.15, 0.2) is 36.4 Å². The Morgan fingerprint density at radius 2 is 2.18 bits per heavy atom. The van der Waals surface area contributed by atoms with Gasteiger partial charge in [0.1, 0.15) is 0 Å². The van der Waals surface area contributed by atoms with Gasteiger partial charge in [0.2, 0.25) is 5.91 Å². The van der Waals surface area contributed by atoms with Crippen molar-refractivity contribution in [2.45, 2.75) is 6.42 Å². The second-order valence-corrected chi connectivity index (χ2v) is 4.37. The quantitative estimate of drug-likeness (QED) is 0.802. The monoisotopic (exact) mass is 231 g/mol. The molecule has 1 aromatic carbocycles. The van der Waals surface area contributed by atoms with Gasteiger partial charge in [-0.1, -0.05) is 30.3 Å². The van der Waals surface area contributed by atoms with Crippen LogP contribution in [0.3, 0.4) is 0 Å². The van der Waals surface area contributed by atoms with Crippen molar-refractivity contribution in [3.8, 4) is 0 Å². The number of hydrogen-bond acceptors (Lipinski definition) is 2. The van der Waals surface area contributed by atoms with Gasteiger partial charge in [-0.05, 0) is 18.1 Å². The number of nitrogens with zero attached hydrogens (tertiary/aromatic N) is 1. The molecule has 0 radical (unpaired) electrons. The van der Waals surface area contributed by atoms with Crippen LogP contribution in [0, 0.1) is 5.92 Å². The molecule has 3 heteroatoms. The van der Waals surface area contributed by atoms with Crippen LogP contribution >= 0.6 is 0 Å². The first kappa shape index (κ1) is 11.9. The Morgan fingerprint density at radius 1 is 1.41 bits per heavy atom. The van der Waals surface area contributed by atoms with Crippen molar-refractivity contribution in [2.75, 3.05) is 19.7 Å². The fourth-order valence-corrected chi connectivity index (χ4v) is 2.02. The number of likely N-dealkylation sites (tertiary alicyclic amines) is 1. The lowest BCUT2D eigenvalue weighted by molar-refractivity contribution is -0.125. The average molecular weight is 231 g/mol. The number of hydrogen-bond donors (Lipinski definition) is 1. The standard InChI is InChI=1S/C14H17NO2/c16-11-13-8-9-15(10-13)14(17)7-6-12-4-2-1-3-5-12/h1-7,13,16H,8-11H2/b7-6+. The van der Waals surface area contributed by atoms with E-state index in [2.05, 4.69) is 0 Å². The Bertz CT molecular complexity index is 400. The van der Waals surface area contributed by atoms with Gasteiger partial charge < -0.3 is 10.0 Å². The zero-order valence-corrected chi connectivity index (χ0v) is 9.75. The maximum atomic E-state index is 11.8. The Labute approximate surface area is 101 Å². The van der Waals surface area contributed by atoms with E-state index >= 15 is 0 Å². The molecule has 0 bridgehead atoms. The van der Waals surface area contributed by atoms with E-state index in [1.54, 1.807) is 11.0 Å². The highest BCUT2D eigenvalue weighted by Crippen LogP contribution is 2.15. The molecule has 1 aliphatic heterocycles. The summed E-state index contributed by atoms with van der Waals surface area (Å²) in [5.74, 6) is 0.286. The van der Waals surface area contributed by atoms with E-state index in [9.17, 15) is 4.79 Å². The number of carbonyl (C=O) groups is 1. The molecule has 3 nitrogen and oxygen atoms in total. The third-order valence-corrected chi connectivity index (χ3v) is 3.07. The van der Waals surface area contributed by atoms with Crippen LogP contribution < -0.4 is 0 Å². The molecule has 0 aliphatic carbocycles. The first-order valence-corrected chi connectivity index (χ1v) is 5.92. The van der Waals surface area contributed by atoms with Gasteiger partial charge in [-0.25, -0.2) is 0 Å². The van der Waals surface area contributed by atoms with Crippen molar-refractivity contribution in [1.29, 1.82) is 0 Å². The van der Waals surface area contributed by atoms with Gasteiger partial charge in [-0.15, -0.1) is 0 Å². The Morgan fingerprint density at radius 3 is 2.82 bits per heavy atom. The largest absolute Gasteiger partial charge is 0.396 e. The SMILES string of the molecule is O=C(/C=C/c1ccccc1)N1CCC(CO)C1. The van der Waals surface area contributed by atoms with Crippen LogP contribution in [-0.4, -0.2) is 35.6 Å². The molecule has 0 aromatic heterocycles. The molecule has 1 atom stereocenters. The van der Waals surface area contributed by atoms with Gasteiger partial charge in [-0.3, -0.25) is 4.79 Å². The van der Waals surface area contributed by atoms with Crippen molar-refractivity contribution in [3.05, 3.63) is 42.0 Å². The minimum atomic E-state index is 0.0322. The fourth-order valence-electron chi connectivity index (χ4n) is 2.02. The third kappa shape index (κ3) is 3.17. The summed E-state index contributed by atoms with van der Waals surface area (Å²) in [5, 5.41) is 9.02.